The van der Waals surface area contributed by atoms with Crippen LogP contribution in [0.4, 0.5) is 0 Å². The van der Waals surface area contributed by atoms with Crippen LogP contribution in [0.1, 0.15) is 24.1 Å². The molecular weight excluding hydrogens is 256 g/mol. The third-order valence-electron chi connectivity index (χ3n) is 4.25. The molecule has 2 aliphatic rings. The molecule has 106 valence electrons. The molecule has 2 heterocycles. The molecule has 3 rings (SSSR count). The van der Waals surface area contributed by atoms with E-state index in [1.54, 1.807) is 19.1 Å². The van der Waals surface area contributed by atoms with E-state index in [1.165, 1.54) is 10.5 Å². The Labute approximate surface area is 118 Å². The van der Waals surface area contributed by atoms with Gasteiger partial charge in [-0.2, -0.15) is 0 Å². The number of ether oxygens (including phenoxy) is 1. The molecule has 1 fully saturated rings. The summed E-state index contributed by atoms with van der Waals surface area (Å²) in [5.41, 5.74) is 2.32. The van der Waals surface area contributed by atoms with Crippen LogP contribution in [0.25, 0.3) is 0 Å². The highest BCUT2D eigenvalue weighted by Crippen LogP contribution is 2.37. The van der Waals surface area contributed by atoms with Gasteiger partial charge in [-0.25, -0.2) is 0 Å². The number of fused-ring (bicyclic) bond motifs is 3. The minimum atomic E-state index is -0.412. The van der Waals surface area contributed by atoms with E-state index in [0.717, 1.165) is 17.7 Å². The lowest BCUT2D eigenvalue weighted by Crippen LogP contribution is -2.59. The van der Waals surface area contributed by atoms with Crippen molar-refractivity contribution < 1.29 is 14.3 Å². The molecule has 5 nitrogen and oxygen atoms in total. The SMILES string of the molecule is COc1ccc2c(c1)CC(C)N1C(=O)C(=O)N(C)CC21. The second kappa shape index (κ2) is 4.51. The molecule has 0 saturated carbocycles. The Bertz CT molecular complexity index is 584. The molecule has 0 aromatic heterocycles. The normalized spacial score (nSPS) is 25.4. The molecule has 0 N–H and O–H groups in total. The van der Waals surface area contributed by atoms with Gasteiger partial charge in [0, 0.05) is 19.6 Å². The lowest BCUT2D eigenvalue weighted by molar-refractivity contribution is -0.160. The standard InChI is InChI=1S/C15H18N2O3/c1-9-6-10-7-11(20-3)4-5-12(10)13-8-16(2)14(18)15(19)17(9)13/h4-5,7,9,13H,6,8H2,1-3H3. The summed E-state index contributed by atoms with van der Waals surface area (Å²) in [6.07, 6.45) is 0.756. The maximum Gasteiger partial charge on any atom is 0.312 e. The number of rotatable bonds is 1. The van der Waals surface area contributed by atoms with Gasteiger partial charge in [0.1, 0.15) is 5.75 Å². The van der Waals surface area contributed by atoms with Crippen molar-refractivity contribution >= 4 is 11.8 Å². The summed E-state index contributed by atoms with van der Waals surface area (Å²) in [5.74, 6) is 0.0266. The first-order chi connectivity index (χ1) is 9.52. The van der Waals surface area contributed by atoms with E-state index in [-0.39, 0.29) is 12.1 Å². The predicted molar refractivity (Wildman–Crippen MR) is 73.4 cm³/mol. The van der Waals surface area contributed by atoms with Crippen LogP contribution in [0.2, 0.25) is 0 Å². The third kappa shape index (κ3) is 1.77. The number of methoxy groups -OCH3 is 1. The Balaban J connectivity index is 2.06. The zero-order chi connectivity index (χ0) is 14.4. The van der Waals surface area contributed by atoms with Crippen LogP contribution in [0.5, 0.6) is 5.75 Å². The van der Waals surface area contributed by atoms with Gasteiger partial charge in [0.15, 0.2) is 0 Å². The van der Waals surface area contributed by atoms with Gasteiger partial charge >= 0.3 is 11.8 Å². The smallest absolute Gasteiger partial charge is 0.312 e. The Kier molecular flexibility index (Phi) is 2.92. The lowest BCUT2D eigenvalue weighted by atomic mass is 9.87. The van der Waals surface area contributed by atoms with Gasteiger partial charge in [-0.3, -0.25) is 9.59 Å². The van der Waals surface area contributed by atoms with Crippen LogP contribution < -0.4 is 4.74 Å². The van der Waals surface area contributed by atoms with Gasteiger partial charge in [-0.1, -0.05) is 6.07 Å². The van der Waals surface area contributed by atoms with Gasteiger partial charge in [-0.15, -0.1) is 0 Å². The summed E-state index contributed by atoms with van der Waals surface area (Å²) in [7, 11) is 3.33. The summed E-state index contributed by atoms with van der Waals surface area (Å²) in [4.78, 5) is 27.3. The average Bonchev–Trinajstić information content (AvgIpc) is 2.43. The van der Waals surface area contributed by atoms with E-state index in [9.17, 15) is 9.59 Å². The number of benzene rings is 1. The Hall–Kier alpha value is -2.04. The fraction of sp³-hybridized carbons (Fsp3) is 0.467. The van der Waals surface area contributed by atoms with Gasteiger partial charge in [-0.05, 0) is 36.6 Å². The van der Waals surface area contributed by atoms with E-state index in [0.29, 0.717) is 6.54 Å². The van der Waals surface area contributed by atoms with E-state index in [1.807, 2.05) is 25.1 Å². The highest BCUT2D eigenvalue weighted by atomic mass is 16.5. The summed E-state index contributed by atoms with van der Waals surface area (Å²) >= 11 is 0. The second-order valence-corrected chi connectivity index (χ2v) is 5.53. The van der Waals surface area contributed by atoms with Crippen molar-refractivity contribution in [2.24, 2.45) is 0 Å². The Morgan fingerprint density at radius 1 is 1.25 bits per heavy atom. The van der Waals surface area contributed by atoms with Crippen LogP contribution >= 0.6 is 0 Å². The number of hydrogen-bond donors (Lipinski definition) is 0. The molecule has 1 saturated heterocycles. The molecule has 0 spiro atoms. The molecule has 2 unspecified atom stereocenters. The minimum absolute atomic E-state index is 0.0322. The molecule has 0 radical (unpaired) electrons. The fourth-order valence-electron chi connectivity index (χ4n) is 3.23. The number of carbonyl (C=O) groups excluding carboxylic acids is 2. The van der Waals surface area contributed by atoms with Crippen LogP contribution in [0.3, 0.4) is 0 Å². The van der Waals surface area contributed by atoms with Gasteiger partial charge < -0.3 is 14.5 Å². The summed E-state index contributed by atoms with van der Waals surface area (Å²) in [6, 6.07) is 5.94. The lowest BCUT2D eigenvalue weighted by Gasteiger charge is -2.46. The molecular formula is C15H18N2O3. The summed E-state index contributed by atoms with van der Waals surface area (Å²) in [6.45, 7) is 2.54. The minimum Gasteiger partial charge on any atom is -0.497 e. The Morgan fingerprint density at radius 2 is 2.00 bits per heavy atom. The maximum atomic E-state index is 12.2. The largest absolute Gasteiger partial charge is 0.497 e. The number of amides is 2. The van der Waals surface area contributed by atoms with Gasteiger partial charge in [0.25, 0.3) is 0 Å². The number of hydrogen-bond acceptors (Lipinski definition) is 3. The molecule has 1 aromatic carbocycles. The zero-order valence-electron chi connectivity index (χ0n) is 11.9. The van der Waals surface area contributed by atoms with Gasteiger partial charge in [0.05, 0.1) is 13.2 Å². The molecule has 0 bridgehead atoms. The van der Waals surface area contributed by atoms with Crippen molar-refractivity contribution in [2.45, 2.75) is 25.4 Å². The average molecular weight is 274 g/mol. The molecule has 2 amide bonds. The quantitative estimate of drug-likeness (QED) is 0.717. The van der Waals surface area contributed by atoms with Crippen LogP contribution in [0.15, 0.2) is 18.2 Å². The first-order valence-corrected chi connectivity index (χ1v) is 6.77. The zero-order valence-corrected chi connectivity index (χ0v) is 11.9. The fourth-order valence-corrected chi connectivity index (χ4v) is 3.23. The van der Waals surface area contributed by atoms with Crippen LogP contribution in [-0.4, -0.2) is 48.4 Å². The topological polar surface area (TPSA) is 49.9 Å². The van der Waals surface area contributed by atoms with Gasteiger partial charge in [0.2, 0.25) is 0 Å². The predicted octanol–water partition coefficient (Wildman–Crippen LogP) is 0.982. The van der Waals surface area contributed by atoms with Crippen molar-refractivity contribution in [3.63, 3.8) is 0 Å². The molecule has 2 aliphatic heterocycles. The third-order valence-corrected chi connectivity index (χ3v) is 4.25. The highest BCUT2D eigenvalue weighted by molar-refractivity contribution is 6.35. The van der Waals surface area contributed by atoms with E-state index in [4.69, 9.17) is 4.74 Å². The van der Waals surface area contributed by atoms with Crippen molar-refractivity contribution in [1.29, 1.82) is 0 Å². The molecule has 2 atom stereocenters. The number of likely N-dealkylation sites (N-methyl/N-ethyl adjacent to an activating group) is 1. The van der Waals surface area contributed by atoms with Crippen LogP contribution in [0, 0.1) is 0 Å². The highest BCUT2D eigenvalue weighted by Gasteiger charge is 2.43. The van der Waals surface area contributed by atoms with Crippen LogP contribution in [-0.2, 0) is 16.0 Å². The summed E-state index contributed by atoms with van der Waals surface area (Å²) in [5, 5.41) is 0. The van der Waals surface area contributed by atoms with Crippen molar-refractivity contribution in [1.82, 2.24) is 9.80 Å². The number of nitrogens with zero attached hydrogens (tertiary/aromatic N) is 2. The molecule has 5 heteroatoms. The van der Waals surface area contributed by atoms with E-state index in [2.05, 4.69) is 0 Å². The van der Waals surface area contributed by atoms with Crippen molar-refractivity contribution in [3.05, 3.63) is 29.3 Å². The molecule has 0 aliphatic carbocycles. The molecule has 1 aromatic rings. The first kappa shape index (κ1) is 13.0. The molecule has 20 heavy (non-hydrogen) atoms. The Morgan fingerprint density at radius 3 is 2.70 bits per heavy atom. The number of carbonyl (C=O) groups is 2. The second-order valence-electron chi connectivity index (χ2n) is 5.53. The van der Waals surface area contributed by atoms with Crippen molar-refractivity contribution in [2.75, 3.05) is 20.7 Å². The van der Waals surface area contributed by atoms with E-state index < -0.39 is 11.8 Å². The maximum absolute atomic E-state index is 12.2. The van der Waals surface area contributed by atoms with E-state index >= 15 is 0 Å². The van der Waals surface area contributed by atoms with Crippen molar-refractivity contribution in [3.8, 4) is 5.75 Å². The monoisotopic (exact) mass is 274 g/mol. The number of piperazine rings is 1. The first-order valence-electron chi connectivity index (χ1n) is 6.77. The summed E-state index contributed by atoms with van der Waals surface area (Å²) < 4.78 is 5.27.